The maximum absolute atomic E-state index is 12.3. The molecule has 6 nitrogen and oxygen atoms in total. The zero-order chi connectivity index (χ0) is 16.0. The summed E-state index contributed by atoms with van der Waals surface area (Å²) in [4.78, 5) is 22.0. The van der Waals surface area contributed by atoms with E-state index in [-0.39, 0.29) is 17.2 Å². The molecular formula is C16H16BrN3O3. The number of nitrogens with zero attached hydrogens (tertiary/aromatic N) is 2. The molecule has 120 valence electrons. The second-order valence-corrected chi connectivity index (χ2v) is 6.73. The van der Waals surface area contributed by atoms with Crippen molar-refractivity contribution in [3.05, 3.63) is 38.9 Å². The van der Waals surface area contributed by atoms with Crippen molar-refractivity contribution in [3.63, 3.8) is 0 Å². The summed E-state index contributed by atoms with van der Waals surface area (Å²) in [6.45, 7) is 2.40. The number of benzene rings is 1. The number of fused-ring (bicyclic) bond motifs is 3. The van der Waals surface area contributed by atoms with Crippen LogP contribution in [-0.2, 0) is 11.3 Å². The lowest BCUT2D eigenvalue weighted by Gasteiger charge is -2.14. The summed E-state index contributed by atoms with van der Waals surface area (Å²) in [5.41, 5.74) is 1.32. The Morgan fingerprint density at radius 2 is 2.39 bits per heavy atom. The fourth-order valence-electron chi connectivity index (χ4n) is 3.09. The van der Waals surface area contributed by atoms with Crippen LogP contribution in [-0.4, -0.2) is 41.2 Å². The van der Waals surface area contributed by atoms with Crippen LogP contribution in [0.2, 0.25) is 0 Å². The molecule has 0 bridgehead atoms. The normalized spacial score (nSPS) is 19.1. The third-order valence-corrected chi connectivity index (χ3v) is 4.76. The van der Waals surface area contributed by atoms with Gasteiger partial charge in [0, 0.05) is 30.1 Å². The minimum Gasteiger partial charge on any atom is -0.449 e. The van der Waals surface area contributed by atoms with E-state index in [0.29, 0.717) is 23.5 Å². The number of halogens is 1. The Balaban J connectivity index is 1.75. The van der Waals surface area contributed by atoms with Gasteiger partial charge < -0.3 is 14.1 Å². The lowest BCUT2D eigenvalue weighted by Crippen LogP contribution is -2.25. The van der Waals surface area contributed by atoms with E-state index in [1.54, 1.807) is 7.11 Å². The Bertz CT molecular complexity index is 933. The van der Waals surface area contributed by atoms with E-state index in [1.165, 1.54) is 0 Å². The highest BCUT2D eigenvalue weighted by molar-refractivity contribution is 9.10. The molecule has 4 rings (SSSR count). The molecule has 1 N–H and O–H groups in total. The van der Waals surface area contributed by atoms with Gasteiger partial charge in [0.2, 0.25) is 5.58 Å². The van der Waals surface area contributed by atoms with E-state index in [4.69, 9.17) is 9.15 Å². The molecule has 1 aliphatic rings. The fraction of sp³-hybridized carbons (Fsp3) is 0.375. The molecule has 0 aliphatic carbocycles. The largest absolute Gasteiger partial charge is 0.449 e. The molecule has 2 aromatic heterocycles. The van der Waals surface area contributed by atoms with Crippen molar-refractivity contribution in [2.45, 2.75) is 19.1 Å². The SMILES string of the molecule is CO[C@@H]1CCN(Cc2nc3c(oc4ccc(Br)cc43)c(=O)[nH]2)C1. The topological polar surface area (TPSA) is 71.4 Å². The van der Waals surface area contributed by atoms with Crippen LogP contribution >= 0.6 is 15.9 Å². The monoisotopic (exact) mass is 377 g/mol. The van der Waals surface area contributed by atoms with Gasteiger partial charge in [0.15, 0.2) is 0 Å². The first kappa shape index (κ1) is 14.9. The summed E-state index contributed by atoms with van der Waals surface area (Å²) in [7, 11) is 1.73. The fourth-order valence-corrected chi connectivity index (χ4v) is 3.45. The average Bonchev–Trinajstić information content (AvgIpc) is 3.12. The number of methoxy groups -OCH3 is 1. The number of likely N-dealkylation sites (tertiary alicyclic amines) is 1. The highest BCUT2D eigenvalue weighted by Gasteiger charge is 2.23. The molecule has 3 aromatic rings. The number of nitrogens with one attached hydrogen (secondary N) is 1. The maximum Gasteiger partial charge on any atom is 0.294 e. The van der Waals surface area contributed by atoms with Gasteiger partial charge in [-0.2, -0.15) is 0 Å². The molecule has 0 radical (unpaired) electrons. The van der Waals surface area contributed by atoms with Crippen LogP contribution in [0.15, 0.2) is 31.9 Å². The number of H-pyrrole nitrogens is 1. The van der Waals surface area contributed by atoms with E-state index in [2.05, 4.69) is 30.8 Å². The summed E-state index contributed by atoms with van der Waals surface area (Å²) in [6.07, 6.45) is 1.26. The lowest BCUT2D eigenvalue weighted by molar-refractivity contribution is 0.107. The first-order valence-corrected chi connectivity index (χ1v) is 8.29. The minimum atomic E-state index is -0.236. The third kappa shape index (κ3) is 2.69. The molecule has 0 spiro atoms. The molecule has 0 unspecified atom stereocenters. The Hall–Kier alpha value is -1.70. The predicted octanol–water partition coefficient (Wildman–Crippen LogP) is 2.65. The van der Waals surface area contributed by atoms with E-state index in [9.17, 15) is 4.79 Å². The minimum absolute atomic E-state index is 0.236. The second kappa shape index (κ2) is 5.74. The van der Waals surface area contributed by atoms with E-state index in [1.807, 2.05) is 18.2 Å². The van der Waals surface area contributed by atoms with Crippen LogP contribution in [0.25, 0.3) is 22.1 Å². The van der Waals surface area contributed by atoms with Crippen molar-refractivity contribution in [1.29, 1.82) is 0 Å². The van der Waals surface area contributed by atoms with Crippen LogP contribution in [0.5, 0.6) is 0 Å². The number of hydrogen-bond acceptors (Lipinski definition) is 5. The molecule has 1 saturated heterocycles. The Kier molecular flexibility index (Phi) is 3.71. The third-order valence-electron chi connectivity index (χ3n) is 4.27. The van der Waals surface area contributed by atoms with Gasteiger partial charge in [-0.15, -0.1) is 0 Å². The molecule has 1 atom stereocenters. The van der Waals surface area contributed by atoms with Gasteiger partial charge in [-0.1, -0.05) is 15.9 Å². The summed E-state index contributed by atoms with van der Waals surface area (Å²) in [5.74, 6) is 0.655. The van der Waals surface area contributed by atoms with Gasteiger partial charge >= 0.3 is 0 Å². The van der Waals surface area contributed by atoms with E-state index < -0.39 is 0 Å². The second-order valence-electron chi connectivity index (χ2n) is 5.81. The summed E-state index contributed by atoms with van der Waals surface area (Å²) < 4.78 is 11.9. The zero-order valence-corrected chi connectivity index (χ0v) is 14.2. The first-order chi connectivity index (χ1) is 11.1. The molecule has 0 amide bonds. The molecule has 23 heavy (non-hydrogen) atoms. The number of aromatic nitrogens is 2. The quantitative estimate of drug-likeness (QED) is 0.759. The smallest absolute Gasteiger partial charge is 0.294 e. The van der Waals surface area contributed by atoms with Gasteiger partial charge in [-0.3, -0.25) is 9.69 Å². The highest BCUT2D eigenvalue weighted by atomic mass is 79.9. The predicted molar refractivity (Wildman–Crippen MR) is 90.5 cm³/mol. The standard InChI is InChI=1S/C16H16BrN3O3/c1-22-10-4-5-20(7-10)8-13-18-14-11-6-9(17)2-3-12(11)23-15(14)16(21)19-13/h2-3,6,10H,4-5,7-8H2,1H3,(H,18,19,21)/t10-/m1/s1. The summed E-state index contributed by atoms with van der Waals surface area (Å²) >= 11 is 3.45. The van der Waals surface area contributed by atoms with Crippen LogP contribution in [0, 0.1) is 0 Å². The van der Waals surface area contributed by atoms with Crippen LogP contribution in [0.1, 0.15) is 12.2 Å². The van der Waals surface area contributed by atoms with Crippen molar-refractivity contribution < 1.29 is 9.15 Å². The molecule has 1 aromatic carbocycles. The van der Waals surface area contributed by atoms with Crippen LogP contribution in [0.3, 0.4) is 0 Å². The number of furan rings is 1. The molecule has 3 heterocycles. The van der Waals surface area contributed by atoms with Crippen molar-refractivity contribution in [2.75, 3.05) is 20.2 Å². The van der Waals surface area contributed by atoms with Gasteiger partial charge in [0.1, 0.15) is 16.9 Å². The van der Waals surface area contributed by atoms with Crippen molar-refractivity contribution >= 4 is 38.0 Å². The van der Waals surface area contributed by atoms with E-state index >= 15 is 0 Å². The number of hydrogen-bond donors (Lipinski definition) is 1. The first-order valence-electron chi connectivity index (χ1n) is 7.50. The van der Waals surface area contributed by atoms with Gasteiger partial charge in [-0.25, -0.2) is 4.98 Å². The molecular weight excluding hydrogens is 362 g/mol. The van der Waals surface area contributed by atoms with Gasteiger partial charge in [0.05, 0.1) is 12.6 Å². The average molecular weight is 378 g/mol. The van der Waals surface area contributed by atoms with Gasteiger partial charge in [0.25, 0.3) is 5.56 Å². The Labute approximate surface area is 140 Å². The summed E-state index contributed by atoms with van der Waals surface area (Å²) in [6, 6.07) is 5.65. The molecule has 0 saturated carbocycles. The number of aromatic amines is 1. The Morgan fingerprint density at radius 3 is 3.17 bits per heavy atom. The van der Waals surface area contributed by atoms with Gasteiger partial charge in [-0.05, 0) is 24.6 Å². The van der Waals surface area contributed by atoms with Crippen molar-refractivity contribution in [1.82, 2.24) is 14.9 Å². The van der Waals surface area contributed by atoms with Crippen LogP contribution in [0.4, 0.5) is 0 Å². The van der Waals surface area contributed by atoms with Crippen LogP contribution < -0.4 is 5.56 Å². The molecule has 1 aliphatic heterocycles. The van der Waals surface area contributed by atoms with Crippen molar-refractivity contribution in [2.24, 2.45) is 0 Å². The van der Waals surface area contributed by atoms with Crippen molar-refractivity contribution in [3.8, 4) is 0 Å². The number of ether oxygens (including phenoxy) is 1. The molecule has 7 heteroatoms. The lowest BCUT2D eigenvalue weighted by atomic mass is 10.2. The molecule has 1 fully saturated rings. The number of rotatable bonds is 3. The maximum atomic E-state index is 12.3. The zero-order valence-electron chi connectivity index (χ0n) is 12.6. The summed E-state index contributed by atoms with van der Waals surface area (Å²) in [5, 5.41) is 0.845. The van der Waals surface area contributed by atoms with E-state index in [0.717, 1.165) is 29.4 Å². The Morgan fingerprint density at radius 1 is 1.52 bits per heavy atom. The highest BCUT2D eigenvalue weighted by Crippen LogP contribution is 2.28.